The summed E-state index contributed by atoms with van der Waals surface area (Å²) in [7, 11) is 0. The number of carbonyl (C=O) groups is 1. The number of hydrogen-bond donors (Lipinski definition) is 0. The monoisotopic (exact) mass is 323 g/mol. The van der Waals surface area contributed by atoms with Crippen molar-refractivity contribution < 1.29 is 14.5 Å². The van der Waals surface area contributed by atoms with Crippen LogP contribution in [-0.2, 0) is 11.2 Å². The normalized spacial score (nSPS) is 12.4. The van der Waals surface area contributed by atoms with Crippen molar-refractivity contribution in [3.05, 3.63) is 63.7 Å². The Balaban J connectivity index is 1.75. The average molecular weight is 323 g/mol. The lowest BCUT2D eigenvalue weighted by Gasteiger charge is -2.17. The van der Waals surface area contributed by atoms with Gasteiger partial charge in [0, 0.05) is 18.7 Å². The van der Waals surface area contributed by atoms with Gasteiger partial charge in [-0.1, -0.05) is 18.2 Å². The Morgan fingerprint density at radius 2 is 2.12 bits per heavy atom. The molecule has 120 valence electrons. The summed E-state index contributed by atoms with van der Waals surface area (Å²) in [4.78, 5) is 24.3. The number of nitrogens with zero attached hydrogens (tertiary/aromatic N) is 3. The smallest absolute Gasteiger partial charge is 0.271 e. The molecule has 0 atom stereocenters. The molecular formula is C17H13N3O4. The van der Waals surface area contributed by atoms with Gasteiger partial charge in [-0.3, -0.25) is 14.9 Å². The maximum atomic E-state index is 12.4. The molecular weight excluding hydrogens is 310 g/mol. The van der Waals surface area contributed by atoms with Gasteiger partial charge in [-0.2, -0.15) is 5.26 Å². The molecule has 0 fully saturated rings. The molecule has 0 radical (unpaired) electrons. The van der Waals surface area contributed by atoms with Crippen LogP contribution in [0.15, 0.2) is 42.5 Å². The Labute approximate surface area is 137 Å². The Kier molecular flexibility index (Phi) is 4.12. The molecule has 0 spiro atoms. The number of hydrogen-bond acceptors (Lipinski definition) is 5. The van der Waals surface area contributed by atoms with Gasteiger partial charge in [-0.15, -0.1) is 0 Å². The van der Waals surface area contributed by atoms with Crippen LogP contribution in [0.1, 0.15) is 11.1 Å². The zero-order chi connectivity index (χ0) is 17.1. The Morgan fingerprint density at radius 1 is 1.33 bits per heavy atom. The predicted octanol–water partition coefficient (Wildman–Crippen LogP) is 2.43. The van der Waals surface area contributed by atoms with Crippen LogP contribution in [0.5, 0.6) is 5.75 Å². The van der Waals surface area contributed by atoms with E-state index in [1.165, 1.54) is 17.0 Å². The first-order chi connectivity index (χ1) is 11.6. The largest absolute Gasteiger partial charge is 0.482 e. The lowest BCUT2D eigenvalue weighted by atomic mass is 10.1. The number of anilines is 1. The molecule has 0 bridgehead atoms. The van der Waals surface area contributed by atoms with E-state index in [1.807, 2.05) is 6.07 Å². The standard InChI is InChI=1S/C17H13N3O4/c18-10-13-3-1-2-4-16(13)24-11-17(21)19-8-7-12-5-6-14(20(22)23)9-15(12)19/h1-6,9H,7-8,11H2. The summed E-state index contributed by atoms with van der Waals surface area (Å²) in [6.45, 7) is 0.222. The molecule has 0 saturated carbocycles. The first-order valence-corrected chi connectivity index (χ1v) is 7.30. The average Bonchev–Trinajstić information content (AvgIpc) is 3.03. The third kappa shape index (κ3) is 2.90. The first-order valence-electron chi connectivity index (χ1n) is 7.30. The van der Waals surface area contributed by atoms with E-state index < -0.39 is 4.92 Å². The maximum absolute atomic E-state index is 12.4. The van der Waals surface area contributed by atoms with E-state index in [4.69, 9.17) is 10.00 Å². The van der Waals surface area contributed by atoms with Crippen LogP contribution in [0.4, 0.5) is 11.4 Å². The number of nitriles is 1. The van der Waals surface area contributed by atoms with Crippen molar-refractivity contribution in [3.8, 4) is 11.8 Å². The number of para-hydroxylation sites is 1. The molecule has 2 aromatic carbocycles. The number of fused-ring (bicyclic) bond motifs is 1. The van der Waals surface area contributed by atoms with Crippen molar-refractivity contribution in [2.24, 2.45) is 0 Å². The summed E-state index contributed by atoms with van der Waals surface area (Å²) in [5.41, 5.74) is 1.74. The second-order valence-electron chi connectivity index (χ2n) is 5.26. The Hall–Kier alpha value is -3.40. The Bertz CT molecular complexity index is 857. The zero-order valence-electron chi connectivity index (χ0n) is 12.6. The van der Waals surface area contributed by atoms with Gasteiger partial charge >= 0.3 is 0 Å². The SMILES string of the molecule is N#Cc1ccccc1OCC(=O)N1CCc2ccc([N+](=O)[O-])cc21. The van der Waals surface area contributed by atoms with Gasteiger partial charge in [0.1, 0.15) is 11.8 Å². The second-order valence-corrected chi connectivity index (χ2v) is 5.26. The summed E-state index contributed by atoms with van der Waals surface area (Å²) < 4.78 is 5.45. The van der Waals surface area contributed by atoms with Gasteiger partial charge in [-0.05, 0) is 24.1 Å². The van der Waals surface area contributed by atoms with E-state index in [1.54, 1.807) is 30.3 Å². The molecule has 0 aromatic heterocycles. The summed E-state index contributed by atoms with van der Waals surface area (Å²) >= 11 is 0. The summed E-state index contributed by atoms with van der Waals surface area (Å²) in [5.74, 6) is 0.0359. The molecule has 3 rings (SSSR count). The fraction of sp³-hybridized carbons (Fsp3) is 0.176. The molecule has 0 saturated heterocycles. The number of non-ortho nitro benzene ring substituents is 1. The minimum atomic E-state index is -0.485. The number of nitro benzene ring substituents is 1. The van der Waals surface area contributed by atoms with Crippen LogP contribution in [0.25, 0.3) is 0 Å². The van der Waals surface area contributed by atoms with Gasteiger partial charge in [0.15, 0.2) is 6.61 Å². The third-order valence-electron chi connectivity index (χ3n) is 3.83. The fourth-order valence-corrected chi connectivity index (χ4v) is 2.64. The summed E-state index contributed by atoms with van der Waals surface area (Å²) in [6, 6.07) is 13.2. The quantitative estimate of drug-likeness (QED) is 0.636. The van der Waals surface area contributed by atoms with E-state index in [0.717, 1.165) is 5.56 Å². The minimum Gasteiger partial charge on any atom is -0.482 e. The molecule has 2 aromatic rings. The van der Waals surface area contributed by atoms with Crippen molar-refractivity contribution in [3.63, 3.8) is 0 Å². The van der Waals surface area contributed by atoms with Gasteiger partial charge in [0.2, 0.25) is 0 Å². The number of amides is 1. The second kappa shape index (κ2) is 6.38. The molecule has 1 aliphatic heterocycles. The van der Waals surface area contributed by atoms with Gasteiger partial charge in [0.05, 0.1) is 16.2 Å². The zero-order valence-corrected chi connectivity index (χ0v) is 12.6. The van der Waals surface area contributed by atoms with E-state index in [0.29, 0.717) is 30.0 Å². The molecule has 7 nitrogen and oxygen atoms in total. The van der Waals surface area contributed by atoms with Crippen LogP contribution in [0.2, 0.25) is 0 Å². The number of benzene rings is 2. The van der Waals surface area contributed by atoms with E-state index in [9.17, 15) is 14.9 Å². The van der Waals surface area contributed by atoms with Gasteiger partial charge in [0.25, 0.3) is 11.6 Å². The van der Waals surface area contributed by atoms with E-state index >= 15 is 0 Å². The van der Waals surface area contributed by atoms with E-state index in [-0.39, 0.29) is 18.2 Å². The Morgan fingerprint density at radius 3 is 2.88 bits per heavy atom. The topological polar surface area (TPSA) is 96.5 Å². The van der Waals surface area contributed by atoms with Crippen molar-refractivity contribution in [2.45, 2.75) is 6.42 Å². The fourth-order valence-electron chi connectivity index (χ4n) is 2.64. The molecule has 1 heterocycles. The maximum Gasteiger partial charge on any atom is 0.271 e. The highest BCUT2D eigenvalue weighted by molar-refractivity contribution is 5.96. The molecule has 0 unspecified atom stereocenters. The van der Waals surface area contributed by atoms with Crippen molar-refractivity contribution in [1.29, 1.82) is 5.26 Å². The predicted molar refractivity (Wildman–Crippen MR) is 85.8 cm³/mol. The van der Waals surface area contributed by atoms with Crippen LogP contribution in [-0.4, -0.2) is 24.0 Å². The third-order valence-corrected chi connectivity index (χ3v) is 3.83. The van der Waals surface area contributed by atoms with Crippen LogP contribution >= 0.6 is 0 Å². The minimum absolute atomic E-state index is 0.0517. The van der Waals surface area contributed by atoms with Crippen molar-refractivity contribution in [1.82, 2.24) is 0 Å². The van der Waals surface area contributed by atoms with Crippen molar-refractivity contribution in [2.75, 3.05) is 18.1 Å². The number of carbonyl (C=O) groups excluding carboxylic acids is 1. The molecule has 1 aliphatic rings. The van der Waals surface area contributed by atoms with Gasteiger partial charge < -0.3 is 9.64 Å². The highest BCUT2D eigenvalue weighted by atomic mass is 16.6. The summed E-state index contributed by atoms with van der Waals surface area (Å²) in [5, 5.41) is 19.9. The molecule has 1 amide bonds. The number of nitro groups is 1. The molecule has 0 N–H and O–H groups in total. The van der Waals surface area contributed by atoms with Crippen LogP contribution in [0.3, 0.4) is 0 Å². The van der Waals surface area contributed by atoms with E-state index in [2.05, 4.69) is 0 Å². The lowest BCUT2D eigenvalue weighted by molar-refractivity contribution is -0.384. The van der Waals surface area contributed by atoms with Crippen molar-refractivity contribution >= 4 is 17.3 Å². The lowest BCUT2D eigenvalue weighted by Crippen LogP contribution is -2.33. The number of rotatable bonds is 4. The van der Waals surface area contributed by atoms with Crippen LogP contribution < -0.4 is 9.64 Å². The highest BCUT2D eigenvalue weighted by Gasteiger charge is 2.27. The molecule has 0 aliphatic carbocycles. The first kappa shape index (κ1) is 15.5. The molecule has 7 heteroatoms. The molecule has 24 heavy (non-hydrogen) atoms. The van der Waals surface area contributed by atoms with Gasteiger partial charge in [-0.25, -0.2) is 0 Å². The highest BCUT2D eigenvalue weighted by Crippen LogP contribution is 2.31. The number of ether oxygens (including phenoxy) is 1. The summed E-state index contributed by atoms with van der Waals surface area (Å²) in [6.07, 6.45) is 0.647. The van der Waals surface area contributed by atoms with Crippen LogP contribution in [0, 0.1) is 21.4 Å².